The number of likely N-dealkylation sites (tertiary alicyclic amines) is 1. The van der Waals surface area contributed by atoms with E-state index in [0.29, 0.717) is 27.3 Å². The van der Waals surface area contributed by atoms with Crippen molar-refractivity contribution >= 4 is 46.9 Å². The van der Waals surface area contributed by atoms with Gasteiger partial charge in [0.25, 0.3) is 11.8 Å². The number of likely N-dealkylation sites (N-methyl/N-ethyl adjacent to an activating group) is 1. The van der Waals surface area contributed by atoms with Crippen molar-refractivity contribution in [3.8, 4) is 0 Å². The lowest BCUT2D eigenvalue weighted by Crippen LogP contribution is -2.42. The van der Waals surface area contributed by atoms with E-state index in [1.54, 1.807) is 11.9 Å². The summed E-state index contributed by atoms with van der Waals surface area (Å²) in [5, 5.41) is 0.635. The number of piperidine rings is 1. The number of carbonyl (C=O) groups excluding carboxylic acids is 2. The summed E-state index contributed by atoms with van der Waals surface area (Å²) in [7, 11) is 1.76. The van der Waals surface area contributed by atoms with Gasteiger partial charge in [-0.2, -0.15) is 0 Å². The maximum absolute atomic E-state index is 13.1. The predicted octanol–water partition coefficient (Wildman–Crippen LogP) is 5.57. The number of hydrogen-bond acceptors (Lipinski definition) is 3. The Labute approximate surface area is 186 Å². The first-order valence-corrected chi connectivity index (χ1v) is 11.4. The molecule has 30 heavy (non-hydrogen) atoms. The van der Waals surface area contributed by atoms with Gasteiger partial charge in [-0.05, 0) is 60.2 Å². The van der Waals surface area contributed by atoms with Gasteiger partial charge in [0.1, 0.15) is 0 Å². The van der Waals surface area contributed by atoms with Gasteiger partial charge in [0.15, 0.2) is 0 Å². The Morgan fingerprint density at radius 2 is 1.87 bits per heavy atom. The van der Waals surface area contributed by atoms with Crippen molar-refractivity contribution in [2.45, 2.75) is 25.2 Å². The summed E-state index contributed by atoms with van der Waals surface area (Å²) in [6.07, 6.45) is 3.01. The highest BCUT2D eigenvalue weighted by Gasteiger charge is 2.30. The summed E-state index contributed by atoms with van der Waals surface area (Å²) < 4.78 is 0. The van der Waals surface area contributed by atoms with Crippen LogP contribution in [0.25, 0.3) is 6.08 Å². The number of nitrogens with zero attached hydrogens (tertiary/aromatic N) is 2. The maximum atomic E-state index is 13.1. The lowest BCUT2D eigenvalue weighted by Gasteiger charge is -2.35. The van der Waals surface area contributed by atoms with Crippen molar-refractivity contribution in [1.82, 2.24) is 4.90 Å². The van der Waals surface area contributed by atoms with Crippen LogP contribution in [0.3, 0.4) is 0 Å². The van der Waals surface area contributed by atoms with Gasteiger partial charge in [-0.1, -0.05) is 49.3 Å². The number of fused-ring (bicyclic) bond motifs is 1. The SMILES string of the molecule is CC1CC(C)CN(C(=O)c2ccc3c(c2)N(C)C(=O)/C(=C/c2cccc(Cl)c2)S3)C1. The number of rotatable bonds is 2. The van der Waals surface area contributed by atoms with Crippen LogP contribution < -0.4 is 4.90 Å². The summed E-state index contributed by atoms with van der Waals surface area (Å²) >= 11 is 7.50. The van der Waals surface area contributed by atoms with Crippen LogP contribution in [0.1, 0.15) is 36.2 Å². The van der Waals surface area contributed by atoms with Crippen molar-refractivity contribution in [3.05, 3.63) is 63.5 Å². The highest BCUT2D eigenvalue weighted by Crippen LogP contribution is 2.42. The fourth-order valence-electron chi connectivity index (χ4n) is 4.29. The molecule has 0 bridgehead atoms. The average Bonchev–Trinajstić information content (AvgIpc) is 2.70. The Kier molecular flexibility index (Phi) is 5.94. The van der Waals surface area contributed by atoms with E-state index in [-0.39, 0.29) is 11.8 Å². The van der Waals surface area contributed by atoms with Crippen LogP contribution in [0.5, 0.6) is 0 Å². The molecule has 2 amide bonds. The van der Waals surface area contributed by atoms with Crippen molar-refractivity contribution in [1.29, 1.82) is 0 Å². The molecule has 2 aromatic rings. The van der Waals surface area contributed by atoms with Crippen molar-refractivity contribution in [3.63, 3.8) is 0 Å². The third-order valence-corrected chi connectivity index (χ3v) is 6.92. The highest BCUT2D eigenvalue weighted by molar-refractivity contribution is 8.04. The number of carbonyl (C=O) groups is 2. The van der Waals surface area contributed by atoms with E-state index in [2.05, 4.69) is 13.8 Å². The summed E-state index contributed by atoms with van der Waals surface area (Å²) in [5.41, 5.74) is 2.30. The Hall–Kier alpha value is -2.24. The van der Waals surface area contributed by atoms with Gasteiger partial charge in [-0.3, -0.25) is 9.59 Å². The van der Waals surface area contributed by atoms with E-state index >= 15 is 0 Å². The molecule has 0 spiro atoms. The smallest absolute Gasteiger partial charge is 0.264 e. The molecule has 1 fully saturated rings. The molecule has 6 heteroatoms. The zero-order valence-corrected chi connectivity index (χ0v) is 19.0. The zero-order valence-electron chi connectivity index (χ0n) is 17.4. The van der Waals surface area contributed by atoms with Crippen LogP contribution in [0.4, 0.5) is 5.69 Å². The van der Waals surface area contributed by atoms with E-state index in [1.807, 2.05) is 53.4 Å². The molecule has 2 aromatic carbocycles. The molecule has 2 aliphatic rings. The van der Waals surface area contributed by atoms with Gasteiger partial charge in [-0.25, -0.2) is 0 Å². The van der Waals surface area contributed by atoms with Crippen LogP contribution in [0.2, 0.25) is 5.02 Å². The molecule has 2 unspecified atom stereocenters. The monoisotopic (exact) mass is 440 g/mol. The number of amides is 2. The molecule has 4 rings (SSSR count). The van der Waals surface area contributed by atoms with Crippen LogP contribution in [0, 0.1) is 11.8 Å². The van der Waals surface area contributed by atoms with Gasteiger partial charge in [-0.15, -0.1) is 0 Å². The minimum absolute atomic E-state index is 0.0438. The quantitative estimate of drug-likeness (QED) is 0.573. The van der Waals surface area contributed by atoms with E-state index in [4.69, 9.17) is 11.6 Å². The van der Waals surface area contributed by atoms with E-state index in [1.165, 1.54) is 11.8 Å². The van der Waals surface area contributed by atoms with Crippen LogP contribution >= 0.6 is 23.4 Å². The number of thioether (sulfide) groups is 1. The normalized spacial score (nSPS) is 22.9. The van der Waals surface area contributed by atoms with Crippen molar-refractivity contribution in [2.24, 2.45) is 11.8 Å². The maximum Gasteiger partial charge on any atom is 0.264 e. The van der Waals surface area contributed by atoms with Crippen LogP contribution in [-0.2, 0) is 4.79 Å². The molecule has 2 atom stereocenters. The lowest BCUT2D eigenvalue weighted by atomic mass is 9.91. The fourth-order valence-corrected chi connectivity index (χ4v) is 5.58. The van der Waals surface area contributed by atoms with Crippen molar-refractivity contribution < 1.29 is 9.59 Å². The number of hydrogen-bond donors (Lipinski definition) is 0. The topological polar surface area (TPSA) is 40.6 Å². The summed E-state index contributed by atoms with van der Waals surface area (Å²) in [5.74, 6) is 0.975. The molecule has 0 saturated carbocycles. The number of benzene rings is 2. The zero-order chi connectivity index (χ0) is 21.4. The summed E-state index contributed by atoms with van der Waals surface area (Å²) in [4.78, 5) is 31.2. The molecule has 0 aliphatic carbocycles. The molecular formula is C24H25ClN2O2S. The average molecular weight is 441 g/mol. The second kappa shape index (κ2) is 8.48. The summed E-state index contributed by atoms with van der Waals surface area (Å²) in [6.45, 7) is 5.96. The van der Waals surface area contributed by atoms with Gasteiger partial charge >= 0.3 is 0 Å². The van der Waals surface area contributed by atoms with Gasteiger partial charge in [0.2, 0.25) is 0 Å². The summed E-state index contributed by atoms with van der Waals surface area (Å²) in [6, 6.07) is 13.1. The Morgan fingerprint density at radius 3 is 2.57 bits per heavy atom. The molecule has 1 saturated heterocycles. The Bertz CT molecular complexity index is 1030. The van der Waals surface area contributed by atoms with Gasteiger partial charge in [0, 0.05) is 35.6 Å². The molecule has 4 nitrogen and oxygen atoms in total. The van der Waals surface area contributed by atoms with Gasteiger partial charge in [0.05, 0.1) is 10.6 Å². The molecule has 156 valence electrons. The molecule has 2 heterocycles. The van der Waals surface area contributed by atoms with Crippen molar-refractivity contribution in [2.75, 3.05) is 25.0 Å². The Morgan fingerprint density at radius 1 is 1.13 bits per heavy atom. The lowest BCUT2D eigenvalue weighted by molar-refractivity contribution is -0.114. The second-order valence-electron chi connectivity index (χ2n) is 8.37. The molecule has 0 aromatic heterocycles. The minimum atomic E-state index is -0.0858. The molecular weight excluding hydrogens is 416 g/mol. The first-order valence-electron chi connectivity index (χ1n) is 10.2. The third-order valence-electron chi connectivity index (χ3n) is 5.61. The first-order chi connectivity index (χ1) is 14.3. The van der Waals surface area contributed by atoms with Crippen LogP contribution in [0.15, 0.2) is 52.3 Å². The number of halogens is 1. The predicted molar refractivity (Wildman–Crippen MR) is 124 cm³/mol. The number of anilines is 1. The second-order valence-corrected chi connectivity index (χ2v) is 9.89. The van der Waals surface area contributed by atoms with Gasteiger partial charge < -0.3 is 9.80 Å². The minimum Gasteiger partial charge on any atom is -0.338 e. The molecule has 2 aliphatic heterocycles. The molecule has 0 radical (unpaired) electrons. The standard InChI is InChI=1S/C24H25ClN2O2S/c1-15-9-16(2)14-27(13-15)23(28)18-7-8-21-20(12-18)26(3)24(29)22(30-21)11-17-5-4-6-19(25)10-17/h4-8,10-12,15-16H,9,13-14H2,1-3H3/b22-11-. The third kappa shape index (κ3) is 4.28. The largest absolute Gasteiger partial charge is 0.338 e. The highest BCUT2D eigenvalue weighted by atomic mass is 35.5. The Balaban J connectivity index is 1.61. The van der Waals surface area contributed by atoms with E-state index < -0.39 is 0 Å². The van der Waals surface area contributed by atoms with E-state index in [0.717, 1.165) is 35.7 Å². The fraction of sp³-hybridized carbons (Fsp3) is 0.333. The first kappa shape index (κ1) is 21.0. The molecule has 0 N–H and O–H groups in total. The van der Waals surface area contributed by atoms with Crippen LogP contribution in [-0.4, -0.2) is 36.9 Å². The van der Waals surface area contributed by atoms with E-state index in [9.17, 15) is 9.59 Å².